The molecular weight excluding hydrogens is 298 g/mol. The van der Waals surface area contributed by atoms with Crippen molar-refractivity contribution >= 4 is 5.91 Å². The Morgan fingerprint density at radius 3 is 2.52 bits per heavy atom. The SMILES string of the molecule is CC[C@@H](C)NC(=O)c1c(C)cc(C)n1Cc1ccc(F)c(F)c1. The molecular formula is C18H22F2N2O. The van der Waals surface area contributed by atoms with Crippen LogP contribution >= 0.6 is 0 Å². The Balaban J connectivity index is 2.34. The monoisotopic (exact) mass is 320 g/mol. The molecule has 0 spiro atoms. The molecule has 1 atom stereocenters. The van der Waals surface area contributed by atoms with E-state index in [1.807, 2.05) is 38.3 Å². The van der Waals surface area contributed by atoms with Gasteiger partial charge in [-0.05, 0) is 56.5 Å². The zero-order chi connectivity index (χ0) is 17.1. The molecule has 0 saturated carbocycles. The van der Waals surface area contributed by atoms with E-state index >= 15 is 0 Å². The number of hydrogen-bond acceptors (Lipinski definition) is 1. The van der Waals surface area contributed by atoms with Gasteiger partial charge in [0.25, 0.3) is 5.91 Å². The van der Waals surface area contributed by atoms with Crippen LogP contribution in [0.5, 0.6) is 0 Å². The summed E-state index contributed by atoms with van der Waals surface area (Å²) in [6.45, 7) is 8.04. The summed E-state index contributed by atoms with van der Waals surface area (Å²) in [5, 5.41) is 2.95. The number of benzene rings is 1. The fourth-order valence-corrected chi connectivity index (χ4v) is 2.57. The molecule has 0 unspecified atom stereocenters. The fourth-order valence-electron chi connectivity index (χ4n) is 2.57. The number of amides is 1. The fraction of sp³-hybridized carbons (Fsp3) is 0.389. The lowest BCUT2D eigenvalue weighted by Gasteiger charge is -2.16. The second-order valence-corrected chi connectivity index (χ2v) is 5.93. The number of rotatable bonds is 5. The van der Waals surface area contributed by atoms with Crippen LogP contribution in [0.4, 0.5) is 8.78 Å². The predicted molar refractivity (Wildman–Crippen MR) is 86.6 cm³/mol. The van der Waals surface area contributed by atoms with E-state index in [1.54, 1.807) is 0 Å². The molecule has 1 heterocycles. The molecule has 1 aromatic heterocycles. The maximum absolute atomic E-state index is 13.4. The minimum absolute atomic E-state index is 0.0776. The predicted octanol–water partition coefficient (Wildman–Crippen LogP) is 3.96. The maximum atomic E-state index is 13.4. The summed E-state index contributed by atoms with van der Waals surface area (Å²) in [4.78, 5) is 12.5. The van der Waals surface area contributed by atoms with Crippen molar-refractivity contribution in [3.8, 4) is 0 Å². The molecule has 0 bridgehead atoms. The van der Waals surface area contributed by atoms with Crippen LogP contribution in [0.15, 0.2) is 24.3 Å². The highest BCUT2D eigenvalue weighted by Crippen LogP contribution is 2.18. The number of halogens is 2. The third kappa shape index (κ3) is 3.78. The molecule has 0 aliphatic rings. The minimum atomic E-state index is -0.880. The Morgan fingerprint density at radius 1 is 1.22 bits per heavy atom. The highest BCUT2D eigenvalue weighted by atomic mass is 19.2. The Morgan fingerprint density at radius 2 is 1.91 bits per heavy atom. The van der Waals surface area contributed by atoms with Crippen molar-refractivity contribution in [1.82, 2.24) is 9.88 Å². The molecule has 1 amide bonds. The van der Waals surface area contributed by atoms with E-state index in [-0.39, 0.29) is 11.9 Å². The Hall–Kier alpha value is -2.17. The summed E-state index contributed by atoms with van der Waals surface area (Å²) in [7, 11) is 0. The third-order valence-electron chi connectivity index (χ3n) is 4.02. The smallest absolute Gasteiger partial charge is 0.268 e. The first-order valence-corrected chi connectivity index (χ1v) is 7.75. The lowest BCUT2D eigenvalue weighted by atomic mass is 10.2. The van der Waals surface area contributed by atoms with Crippen molar-refractivity contribution in [2.75, 3.05) is 0 Å². The topological polar surface area (TPSA) is 34.0 Å². The second kappa shape index (κ2) is 6.94. The van der Waals surface area contributed by atoms with Crippen LogP contribution in [0.2, 0.25) is 0 Å². The van der Waals surface area contributed by atoms with Crippen molar-refractivity contribution < 1.29 is 13.6 Å². The molecule has 124 valence electrons. The van der Waals surface area contributed by atoms with E-state index in [0.29, 0.717) is 17.8 Å². The lowest BCUT2D eigenvalue weighted by molar-refractivity contribution is 0.0929. The van der Waals surface area contributed by atoms with Gasteiger partial charge in [-0.1, -0.05) is 13.0 Å². The number of nitrogens with one attached hydrogen (secondary N) is 1. The minimum Gasteiger partial charge on any atom is -0.348 e. The largest absolute Gasteiger partial charge is 0.348 e. The van der Waals surface area contributed by atoms with Crippen molar-refractivity contribution in [3.05, 3.63) is 58.4 Å². The quantitative estimate of drug-likeness (QED) is 0.889. The molecule has 2 rings (SSSR count). The van der Waals surface area contributed by atoms with Crippen LogP contribution in [0.1, 0.15) is 47.6 Å². The van der Waals surface area contributed by atoms with Crippen molar-refractivity contribution in [2.45, 2.75) is 46.7 Å². The Labute approximate surface area is 135 Å². The van der Waals surface area contributed by atoms with Gasteiger partial charge in [0.05, 0.1) is 0 Å². The molecule has 0 aliphatic carbocycles. The molecule has 0 fully saturated rings. The van der Waals surface area contributed by atoms with Gasteiger partial charge in [0.1, 0.15) is 5.69 Å². The average molecular weight is 320 g/mol. The summed E-state index contributed by atoms with van der Waals surface area (Å²) < 4.78 is 28.3. The number of carbonyl (C=O) groups excluding carboxylic acids is 1. The van der Waals surface area contributed by atoms with E-state index in [4.69, 9.17) is 0 Å². The molecule has 3 nitrogen and oxygen atoms in total. The summed E-state index contributed by atoms with van der Waals surface area (Å²) >= 11 is 0. The van der Waals surface area contributed by atoms with Crippen molar-refractivity contribution in [2.24, 2.45) is 0 Å². The van der Waals surface area contributed by atoms with Crippen molar-refractivity contribution in [3.63, 3.8) is 0 Å². The van der Waals surface area contributed by atoms with E-state index in [0.717, 1.165) is 23.7 Å². The molecule has 2 aromatic rings. The highest BCUT2D eigenvalue weighted by molar-refractivity contribution is 5.94. The van der Waals surface area contributed by atoms with Gasteiger partial charge in [-0.3, -0.25) is 4.79 Å². The molecule has 1 N–H and O–H groups in total. The number of nitrogens with zero attached hydrogens (tertiary/aromatic N) is 1. The van der Waals surface area contributed by atoms with Gasteiger partial charge in [0.15, 0.2) is 11.6 Å². The standard InChI is InChI=1S/C18H22F2N2O/c1-5-12(3)21-18(23)17-11(2)8-13(4)22(17)10-14-6-7-15(19)16(20)9-14/h6-9,12H,5,10H2,1-4H3,(H,21,23)/t12-/m1/s1. The van der Waals surface area contributed by atoms with Crippen LogP contribution in [0.3, 0.4) is 0 Å². The molecule has 0 radical (unpaired) electrons. The molecule has 1 aromatic carbocycles. The van der Waals surface area contributed by atoms with Crippen LogP contribution in [-0.2, 0) is 6.54 Å². The first-order valence-electron chi connectivity index (χ1n) is 7.75. The third-order valence-corrected chi connectivity index (χ3v) is 4.02. The van der Waals surface area contributed by atoms with Gasteiger partial charge in [0, 0.05) is 18.3 Å². The zero-order valence-corrected chi connectivity index (χ0v) is 13.9. The number of aryl methyl sites for hydroxylation is 2. The summed E-state index contributed by atoms with van der Waals surface area (Å²) in [5.74, 6) is -1.90. The first kappa shape index (κ1) is 17.2. The van der Waals surface area contributed by atoms with E-state index in [1.165, 1.54) is 12.1 Å². The van der Waals surface area contributed by atoms with Gasteiger partial charge < -0.3 is 9.88 Å². The summed E-state index contributed by atoms with van der Waals surface area (Å²) in [6.07, 6.45) is 0.841. The number of aromatic nitrogens is 1. The average Bonchev–Trinajstić information content (AvgIpc) is 2.77. The summed E-state index contributed by atoms with van der Waals surface area (Å²) in [6, 6.07) is 5.80. The van der Waals surface area contributed by atoms with Crippen molar-refractivity contribution in [1.29, 1.82) is 0 Å². The van der Waals surface area contributed by atoms with E-state index < -0.39 is 11.6 Å². The zero-order valence-electron chi connectivity index (χ0n) is 13.9. The number of hydrogen-bond donors (Lipinski definition) is 1. The van der Waals surface area contributed by atoms with Crippen LogP contribution in [0, 0.1) is 25.5 Å². The van der Waals surface area contributed by atoms with E-state index in [2.05, 4.69) is 5.32 Å². The highest BCUT2D eigenvalue weighted by Gasteiger charge is 2.19. The molecule has 0 saturated heterocycles. The normalized spacial score (nSPS) is 12.3. The Kier molecular flexibility index (Phi) is 5.19. The first-order chi connectivity index (χ1) is 10.8. The number of carbonyl (C=O) groups is 1. The lowest BCUT2D eigenvalue weighted by Crippen LogP contribution is -2.34. The van der Waals surface area contributed by atoms with Gasteiger partial charge in [-0.2, -0.15) is 0 Å². The van der Waals surface area contributed by atoms with Gasteiger partial charge >= 0.3 is 0 Å². The van der Waals surface area contributed by atoms with Crippen LogP contribution in [-0.4, -0.2) is 16.5 Å². The van der Waals surface area contributed by atoms with Gasteiger partial charge in [-0.25, -0.2) is 8.78 Å². The maximum Gasteiger partial charge on any atom is 0.268 e. The molecule has 0 aliphatic heterocycles. The second-order valence-electron chi connectivity index (χ2n) is 5.93. The van der Waals surface area contributed by atoms with Crippen LogP contribution < -0.4 is 5.32 Å². The Bertz CT molecular complexity index is 722. The molecule has 5 heteroatoms. The van der Waals surface area contributed by atoms with Gasteiger partial charge in [-0.15, -0.1) is 0 Å². The van der Waals surface area contributed by atoms with Crippen LogP contribution in [0.25, 0.3) is 0 Å². The molecule has 23 heavy (non-hydrogen) atoms. The summed E-state index contributed by atoms with van der Waals surface area (Å²) in [5.41, 5.74) is 2.94. The van der Waals surface area contributed by atoms with E-state index in [9.17, 15) is 13.6 Å². The van der Waals surface area contributed by atoms with Gasteiger partial charge in [0.2, 0.25) is 0 Å².